The van der Waals surface area contributed by atoms with Crippen LogP contribution in [0.1, 0.15) is 75.0 Å². The number of hydrogen-bond acceptors (Lipinski definition) is 3. The molecule has 1 aromatic heterocycles. The molecule has 1 atom stereocenters. The van der Waals surface area contributed by atoms with Gasteiger partial charge in [-0.05, 0) is 40.0 Å². The minimum Gasteiger partial charge on any atom is -0.389 e. The number of carbonyl (C=O) groups excluding carboxylic acids is 1. The van der Waals surface area contributed by atoms with Gasteiger partial charge in [-0.3, -0.25) is 9.48 Å². The Kier molecular flexibility index (Phi) is 4.42. The molecule has 0 bridgehead atoms. The average Bonchev–Trinajstić information content (AvgIpc) is 3.13. The van der Waals surface area contributed by atoms with Crippen molar-refractivity contribution in [1.82, 2.24) is 14.7 Å². The van der Waals surface area contributed by atoms with E-state index in [1.54, 1.807) is 32.0 Å². The summed E-state index contributed by atoms with van der Waals surface area (Å²) in [5.41, 5.74) is 0.887. The normalized spacial score (nSPS) is 16.9. The standard InChI is InChI=1S/C16H27N3O2/c1-6-11(2)19-14(12-7-8-12)13(9-17-19)15(20)18(5)10-16(3,4)21/h9,11-12,21H,6-8,10H2,1-5H3. The summed E-state index contributed by atoms with van der Waals surface area (Å²) in [7, 11) is 1.73. The first kappa shape index (κ1) is 16.0. The van der Waals surface area contributed by atoms with Gasteiger partial charge in [0.25, 0.3) is 5.91 Å². The van der Waals surface area contributed by atoms with Crippen LogP contribution in [0.4, 0.5) is 0 Å². The van der Waals surface area contributed by atoms with Gasteiger partial charge < -0.3 is 10.0 Å². The van der Waals surface area contributed by atoms with Crippen LogP contribution in [-0.4, -0.2) is 44.9 Å². The Morgan fingerprint density at radius 3 is 2.67 bits per heavy atom. The van der Waals surface area contributed by atoms with E-state index in [9.17, 15) is 9.90 Å². The monoisotopic (exact) mass is 293 g/mol. The second-order valence-corrected chi connectivity index (χ2v) is 6.89. The van der Waals surface area contributed by atoms with E-state index in [0.717, 1.165) is 25.0 Å². The molecule has 1 saturated carbocycles. The molecule has 1 amide bonds. The molecular formula is C16H27N3O2. The molecule has 118 valence electrons. The molecule has 5 nitrogen and oxygen atoms in total. The summed E-state index contributed by atoms with van der Waals surface area (Å²) in [5, 5.41) is 14.3. The van der Waals surface area contributed by atoms with Crippen molar-refractivity contribution >= 4 is 5.91 Å². The lowest BCUT2D eigenvalue weighted by Gasteiger charge is -2.25. The highest BCUT2D eigenvalue weighted by Crippen LogP contribution is 2.43. The van der Waals surface area contributed by atoms with Gasteiger partial charge in [-0.25, -0.2) is 0 Å². The highest BCUT2D eigenvalue weighted by Gasteiger charge is 2.34. The van der Waals surface area contributed by atoms with Crippen LogP contribution in [-0.2, 0) is 0 Å². The van der Waals surface area contributed by atoms with E-state index in [-0.39, 0.29) is 5.91 Å². The van der Waals surface area contributed by atoms with Crippen LogP contribution in [0.25, 0.3) is 0 Å². The number of carbonyl (C=O) groups is 1. The molecule has 0 saturated heterocycles. The van der Waals surface area contributed by atoms with Crippen LogP contribution in [0.2, 0.25) is 0 Å². The summed E-state index contributed by atoms with van der Waals surface area (Å²) in [6, 6.07) is 0.307. The molecule has 1 fully saturated rings. The first-order chi connectivity index (χ1) is 9.74. The molecule has 0 aromatic carbocycles. The Labute approximate surface area is 126 Å². The van der Waals surface area contributed by atoms with Gasteiger partial charge in [0.05, 0.1) is 23.1 Å². The minimum absolute atomic E-state index is 0.0476. The van der Waals surface area contributed by atoms with E-state index < -0.39 is 5.60 Å². The SMILES string of the molecule is CCC(C)n1ncc(C(=O)N(C)CC(C)(C)O)c1C1CC1. The maximum Gasteiger partial charge on any atom is 0.257 e. The Morgan fingerprint density at radius 2 is 2.19 bits per heavy atom. The molecule has 1 aliphatic carbocycles. The molecule has 1 unspecified atom stereocenters. The van der Waals surface area contributed by atoms with Gasteiger partial charge in [-0.2, -0.15) is 5.10 Å². The van der Waals surface area contributed by atoms with Gasteiger partial charge in [0.2, 0.25) is 0 Å². The van der Waals surface area contributed by atoms with E-state index in [1.165, 1.54) is 0 Å². The van der Waals surface area contributed by atoms with Crippen LogP contribution in [0.3, 0.4) is 0 Å². The molecule has 0 spiro atoms. The Balaban J connectivity index is 2.27. The van der Waals surface area contributed by atoms with E-state index >= 15 is 0 Å². The lowest BCUT2D eigenvalue weighted by Crippen LogP contribution is -2.39. The van der Waals surface area contributed by atoms with Crippen LogP contribution < -0.4 is 0 Å². The van der Waals surface area contributed by atoms with Gasteiger partial charge in [0, 0.05) is 25.6 Å². The summed E-state index contributed by atoms with van der Waals surface area (Å²) in [6.07, 6.45) is 4.97. The molecule has 1 aromatic rings. The number of likely N-dealkylation sites (N-methyl/N-ethyl adjacent to an activating group) is 1. The van der Waals surface area contributed by atoms with Crippen molar-refractivity contribution < 1.29 is 9.90 Å². The highest BCUT2D eigenvalue weighted by atomic mass is 16.3. The summed E-state index contributed by atoms with van der Waals surface area (Å²) < 4.78 is 2.02. The fourth-order valence-electron chi connectivity index (χ4n) is 2.68. The van der Waals surface area contributed by atoms with Crippen LogP contribution >= 0.6 is 0 Å². The lowest BCUT2D eigenvalue weighted by molar-refractivity contribution is 0.0367. The summed E-state index contributed by atoms with van der Waals surface area (Å²) in [5.74, 6) is 0.421. The van der Waals surface area contributed by atoms with Crippen molar-refractivity contribution in [3.05, 3.63) is 17.5 Å². The second-order valence-electron chi connectivity index (χ2n) is 6.89. The van der Waals surface area contributed by atoms with Crippen LogP contribution in [0.15, 0.2) is 6.20 Å². The molecule has 1 aliphatic rings. The number of rotatable bonds is 6. The fourth-order valence-corrected chi connectivity index (χ4v) is 2.68. The quantitative estimate of drug-likeness (QED) is 0.877. The van der Waals surface area contributed by atoms with Gasteiger partial charge in [0.1, 0.15) is 0 Å². The van der Waals surface area contributed by atoms with Gasteiger partial charge in [0.15, 0.2) is 0 Å². The van der Waals surface area contributed by atoms with Crippen molar-refractivity contribution in [1.29, 1.82) is 0 Å². The predicted octanol–water partition coefficient (Wildman–Crippen LogP) is 2.57. The van der Waals surface area contributed by atoms with E-state index in [2.05, 4.69) is 18.9 Å². The largest absolute Gasteiger partial charge is 0.389 e. The number of aromatic nitrogens is 2. The number of nitrogens with zero attached hydrogens (tertiary/aromatic N) is 3. The second kappa shape index (κ2) is 5.79. The third-order valence-corrected chi connectivity index (χ3v) is 4.01. The molecule has 2 rings (SSSR count). The molecule has 0 radical (unpaired) electrons. The summed E-state index contributed by atoms with van der Waals surface area (Å²) in [4.78, 5) is 14.2. The number of amides is 1. The molecule has 0 aliphatic heterocycles. The first-order valence-corrected chi connectivity index (χ1v) is 7.79. The summed E-state index contributed by atoms with van der Waals surface area (Å²) >= 11 is 0. The third kappa shape index (κ3) is 3.64. The maximum atomic E-state index is 12.7. The zero-order valence-electron chi connectivity index (χ0n) is 13.8. The molecule has 21 heavy (non-hydrogen) atoms. The van der Waals surface area contributed by atoms with Crippen molar-refractivity contribution in [3.8, 4) is 0 Å². The van der Waals surface area contributed by atoms with E-state index in [1.807, 2.05) is 4.68 Å². The van der Waals surface area contributed by atoms with Crippen molar-refractivity contribution in [2.24, 2.45) is 0 Å². The Hall–Kier alpha value is -1.36. The molecule has 1 heterocycles. The maximum absolute atomic E-state index is 12.7. The van der Waals surface area contributed by atoms with Gasteiger partial charge in [-0.1, -0.05) is 6.92 Å². The lowest BCUT2D eigenvalue weighted by atomic mass is 10.1. The summed E-state index contributed by atoms with van der Waals surface area (Å²) in [6.45, 7) is 7.99. The Bertz CT molecular complexity index is 512. The minimum atomic E-state index is -0.892. The average molecular weight is 293 g/mol. The predicted molar refractivity (Wildman–Crippen MR) is 82.5 cm³/mol. The zero-order valence-corrected chi connectivity index (χ0v) is 13.8. The highest BCUT2D eigenvalue weighted by molar-refractivity contribution is 5.95. The topological polar surface area (TPSA) is 58.4 Å². The van der Waals surface area contributed by atoms with Crippen molar-refractivity contribution in [3.63, 3.8) is 0 Å². The molecule has 5 heteroatoms. The van der Waals surface area contributed by atoms with E-state index in [0.29, 0.717) is 24.1 Å². The van der Waals surface area contributed by atoms with Gasteiger partial charge >= 0.3 is 0 Å². The van der Waals surface area contributed by atoms with Crippen LogP contribution in [0.5, 0.6) is 0 Å². The smallest absolute Gasteiger partial charge is 0.257 e. The molecular weight excluding hydrogens is 266 g/mol. The van der Waals surface area contributed by atoms with Crippen molar-refractivity contribution in [2.75, 3.05) is 13.6 Å². The molecule has 1 N–H and O–H groups in total. The van der Waals surface area contributed by atoms with E-state index in [4.69, 9.17) is 0 Å². The van der Waals surface area contributed by atoms with Gasteiger partial charge in [-0.15, -0.1) is 0 Å². The first-order valence-electron chi connectivity index (χ1n) is 7.79. The Morgan fingerprint density at radius 1 is 1.57 bits per heavy atom. The fraction of sp³-hybridized carbons (Fsp3) is 0.750. The van der Waals surface area contributed by atoms with Crippen molar-refractivity contribution in [2.45, 2.75) is 64.5 Å². The number of hydrogen-bond donors (Lipinski definition) is 1. The van der Waals surface area contributed by atoms with Crippen LogP contribution in [0, 0.1) is 0 Å². The zero-order chi connectivity index (χ0) is 15.8. The number of aliphatic hydroxyl groups is 1. The third-order valence-electron chi connectivity index (χ3n) is 4.01.